The molecule has 0 unspecified atom stereocenters. The molecule has 0 spiro atoms. The number of pyridine rings is 1. The van der Waals surface area contributed by atoms with E-state index in [4.69, 9.17) is 0 Å². The number of nitrogens with zero attached hydrogens (tertiary/aromatic N) is 2. The van der Waals surface area contributed by atoms with Crippen molar-refractivity contribution in [2.75, 3.05) is 25.5 Å². The first-order valence-corrected chi connectivity index (χ1v) is 6.58. The van der Waals surface area contributed by atoms with Crippen molar-refractivity contribution in [2.45, 2.75) is 31.7 Å². The fraction of sp³-hybridized carbons (Fsp3) is 0.643. The average molecular weight is 233 g/mol. The molecule has 0 saturated heterocycles. The van der Waals surface area contributed by atoms with Crippen LogP contribution in [-0.4, -0.2) is 31.7 Å². The molecular formula is C14H23N3. The Balaban J connectivity index is 1.82. The van der Waals surface area contributed by atoms with Gasteiger partial charge in [0.15, 0.2) is 0 Å². The summed E-state index contributed by atoms with van der Waals surface area (Å²) in [6.07, 6.45) is 9.08. The summed E-state index contributed by atoms with van der Waals surface area (Å²) in [5, 5.41) is 3.39. The predicted octanol–water partition coefficient (Wildman–Crippen LogP) is 2.30. The molecule has 94 valence electrons. The number of anilines is 1. The molecule has 0 bridgehead atoms. The second-order valence-corrected chi connectivity index (χ2v) is 5.09. The van der Waals surface area contributed by atoms with Gasteiger partial charge in [-0.05, 0) is 50.8 Å². The summed E-state index contributed by atoms with van der Waals surface area (Å²) in [5.41, 5.74) is 1.27. The minimum Gasteiger partial charge on any atom is -0.374 e. The molecule has 1 aliphatic carbocycles. The van der Waals surface area contributed by atoms with Crippen molar-refractivity contribution in [1.82, 2.24) is 10.3 Å². The molecule has 3 nitrogen and oxygen atoms in total. The minimum atomic E-state index is 0.748. The van der Waals surface area contributed by atoms with Crippen LogP contribution in [0, 0.1) is 5.92 Å². The van der Waals surface area contributed by atoms with Gasteiger partial charge in [-0.1, -0.05) is 0 Å². The molecule has 17 heavy (non-hydrogen) atoms. The monoisotopic (exact) mass is 233 g/mol. The Labute approximate surface area is 104 Å². The van der Waals surface area contributed by atoms with Gasteiger partial charge in [-0.25, -0.2) is 0 Å². The van der Waals surface area contributed by atoms with Crippen LogP contribution in [0.25, 0.3) is 0 Å². The molecule has 0 aromatic carbocycles. The number of hydrogen-bond acceptors (Lipinski definition) is 3. The van der Waals surface area contributed by atoms with E-state index in [0.29, 0.717) is 0 Å². The number of aromatic nitrogens is 1. The van der Waals surface area contributed by atoms with Gasteiger partial charge in [0.1, 0.15) is 0 Å². The van der Waals surface area contributed by atoms with Crippen molar-refractivity contribution in [1.29, 1.82) is 0 Å². The van der Waals surface area contributed by atoms with Gasteiger partial charge >= 0.3 is 0 Å². The Morgan fingerprint density at radius 1 is 1.24 bits per heavy atom. The summed E-state index contributed by atoms with van der Waals surface area (Å²) in [4.78, 5) is 6.41. The summed E-state index contributed by atoms with van der Waals surface area (Å²) >= 11 is 0. The maximum atomic E-state index is 4.06. The molecule has 2 rings (SSSR count). The number of hydrogen-bond donors (Lipinski definition) is 1. The molecule has 1 saturated carbocycles. The van der Waals surface area contributed by atoms with Gasteiger partial charge in [0.05, 0.1) is 0 Å². The molecule has 0 radical (unpaired) electrons. The maximum absolute atomic E-state index is 4.06. The van der Waals surface area contributed by atoms with Gasteiger partial charge in [-0.3, -0.25) is 4.98 Å². The molecule has 1 aromatic rings. The van der Waals surface area contributed by atoms with Crippen molar-refractivity contribution < 1.29 is 0 Å². The highest BCUT2D eigenvalue weighted by Gasteiger charge is 2.20. The summed E-state index contributed by atoms with van der Waals surface area (Å²) in [6, 6.07) is 4.91. The van der Waals surface area contributed by atoms with Crippen LogP contribution < -0.4 is 10.2 Å². The lowest BCUT2D eigenvalue weighted by Crippen LogP contribution is -2.34. The third-order valence-corrected chi connectivity index (χ3v) is 3.89. The quantitative estimate of drug-likeness (QED) is 0.865. The first-order valence-electron chi connectivity index (χ1n) is 6.58. The number of rotatable bonds is 4. The van der Waals surface area contributed by atoms with Crippen LogP contribution in [0.4, 0.5) is 5.69 Å². The molecule has 0 atom stereocenters. The van der Waals surface area contributed by atoms with Crippen LogP contribution in [0.15, 0.2) is 24.5 Å². The van der Waals surface area contributed by atoms with Gasteiger partial charge < -0.3 is 10.2 Å². The van der Waals surface area contributed by atoms with E-state index in [1.165, 1.54) is 37.9 Å². The smallest absolute Gasteiger partial charge is 0.0394 e. The Bertz CT molecular complexity index is 317. The van der Waals surface area contributed by atoms with Gasteiger partial charge in [0.2, 0.25) is 0 Å². The zero-order valence-corrected chi connectivity index (χ0v) is 10.9. The lowest BCUT2D eigenvalue weighted by atomic mass is 9.86. The summed E-state index contributed by atoms with van der Waals surface area (Å²) in [7, 11) is 4.26. The fourth-order valence-electron chi connectivity index (χ4n) is 2.72. The number of nitrogens with one attached hydrogen (secondary N) is 1. The summed E-state index contributed by atoms with van der Waals surface area (Å²) in [5.74, 6) is 0.845. The molecule has 1 aliphatic rings. The Morgan fingerprint density at radius 2 is 1.88 bits per heavy atom. The zero-order chi connectivity index (χ0) is 12.1. The van der Waals surface area contributed by atoms with E-state index >= 15 is 0 Å². The third-order valence-electron chi connectivity index (χ3n) is 3.89. The highest BCUT2D eigenvalue weighted by atomic mass is 15.1. The standard InChI is InChI=1S/C14H23N3/c1-15-13-5-3-12(4-6-13)11-17(2)14-7-9-16-10-8-14/h7-10,12-13,15H,3-6,11H2,1-2H3. The summed E-state index contributed by atoms with van der Waals surface area (Å²) in [6.45, 7) is 1.17. The van der Waals surface area contributed by atoms with E-state index in [1.54, 1.807) is 0 Å². The Kier molecular flexibility index (Phi) is 4.37. The molecule has 3 heteroatoms. The van der Waals surface area contributed by atoms with Crippen molar-refractivity contribution in [2.24, 2.45) is 5.92 Å². The predicted molar refractivity (Wildman–Crippen MR) is 72.3 cm³/mol. The Morgan fingerprint density at radius 3 is 2.47 bits per heavy atom. The van der Waals surface area contributed by atoms with Crippen LogP contribution in [-0.2, 0) is 0 Å². The SMILES string of the molecule is CNC1CCC(CN(C)c2ccncc2)CC1. The zero-order valence-electron chi connectivity index (χ0n) is 10.9. The van der Waals surface area contributed by atoms with Gasteiger partial charge in [0.25, 0.3) is 0 Å². The van der Waals surface area contributed by atoms with E-state index in [-0.39, 0.29) is 0 Å². The maximum Gasteiger partial charge on any atom is 0.0394 e. The van der Waals surface area contributed by atoms with Gasteiger partial charge in [-0.2, -0.15) is 0 Å². The molecule has 1 aromatic heterocycles. The molecule has 1 fully saturated rings. The van der Waals surface area contributed by atoms with Crippen LogP contribution in [0.2, 0.25) is 0 Å². The first-order chi connectivity index (χ1) is 8.29. The molecule has 1 N–H and O–H groups in total. The first kappa shape index (κ1) is 12.4. The van der Waals surface area contributed by atoms with Crippen LogP contribution in [0.5, 0.6) is 0 Å². The van der Waals surface area contributed by atoms with Crippen molar-refractivity contribution in [3.05, 3.63) is 24.5 Å². The van der Waals surface area contributed by atoms with E-state index < -0.39 is 0 Å². The van der Waals surface area contributed by atoms with Crippen molar-refractivity contribution >= 4 is 5.69 Å². The highest BCUT2D eigenvalue weighted by Crippen LogP contribution is 2.25. The van der Waals surface area contributed by atoms with Crippen molar-refractivity contribution in [3.8, 4) is 0 Å². The summed E-state index contributed by atoms with van der Waals surface area (Å²) < 4.78 is 0. The van der Waals surface area contributed by atoms with E-state index in [9.17, 15) is 0 Å². The molecule has 0 aliphatic heterocycles. The normalized spacial score (nSPS) is 24.6. The fourth-order valence-corrected chi connectivity index (χ4v) is 2.72. The van der Waals surface area contributed by atoms with Crippen LogP contribution >= 0.6 is 0 Å². The molecule has 0 amide bonds. The van der Waals surface area contributed by atoms with E-state index in [1.807, 2.05) is 12.4 Å². The second-order valence-electron chi connectivity index (χ2n) is 5.09. The third kappa shape index (κ3) is 3.43. The lowest BCUT2D eigenvalue weighted by molar-refractivity contribution is 0.305. The molecular weight excluding hydrogens is 210 g/mol. The second kappa shape index (κ2) is 6.01. The Hall–Kier alpha value is -1.09. The van der Waals surface area contributed by atoms with E-state index in [0.717, 1.165) is 12.0 Å². The lowest BCUT2D eigenvalue weighted by Gasteiger charge is -2.31. The van der Waals surface area contributed by atoms with Gasteiger partial charge in [0, 0.05) is 37.7 Å². The average Bonchev–Trinajstić information content (AvgIpc) is 2.40. The minimum absolute atomic E-state index is 0.748. The van der Waals surface area contributed by atoms with E-state index in [2.05, 4.69) is 41.4 Å². The topological polar surface area (TPSA) is 28.2 Å². The largest absolute Gasteiger partial charge is 0.374 e. The van der Waals surface area contributed by atoms with Crippen LogP contribution in [0.1, 0.15) is 25.7 Å². The van der Waals surface area contributed by atoms with Crippen LogP contribution in [0.3, 0.4) is 0 Å². The van der Waals surface area contributed by atoms with Gasteiger partial charge in [-0.15, -0.1) is 0 Å². The van der Waals surface area contributed by atoms with Crippen molar-refractivity contribution in [3.63, 3.8) is 0 Å². The highest BCUT2D eigenvalue weighted by molar-refractivity contribution is 5.43. The molecule has 1 heterocycles.